The average Bonchev–Trinajstić information content (AvgIpc) is 3.33. The first-order valence-electron chi connectivity index (χ1n) is 10.9. The maximum absolute atomic E-state index is 12.5. The van der Waals surface area contributed by atoms with Gasteiger partial charge in [-0.2, -0.15) is 11.8 Å². The molecule has 0 aliphatic carbocycles. The smallest absolute Gasteiger partial charge is 0.329 e. The topological polar surface area (TPSA) is 175 Å². The van der Waals surface area contributed by atoms with E-state index in [-0.39, 0.29) is 23.5 Å². The number of ether oxygens (including phenoxy) is 1. The Kier molecular flexibility index (Phi) is 9.77. The number of esters is 1. The van der Waals surface area contributed by atoms with Crippen molar-refractivity contribution < 1.29 is 27.5 Å². The van der Waals surface area contributed by atoms with E-state index >= 15 is 0 Å². The van der Waals surface area contributed by atoms with Crippen molar-refractivity contribution in [3.05, 3.63) is 77.6 Å². The van der Waals surface area contributed by atoms with Gasteiger partial charge in [0.1, 0.15) is 18.3 Å². The third kappa shape index (κ3) is 8.70. The fourth-order valence-electron chi connectivity index (χ4n) is 3.13. The molecule has 3 rings (SSSR count). The highest BCUT2D eigenvalue weighted by Gasteiger charge is 2.22. The van der Waals surface area contributed by atoms with Crippen LogP contribution in [-0.4, -0.2) is 60.1 Å². The number of aromatic nitrogens is 3. The van der Waals surface area contributed by atoms with Gasteiger partial charge in [-0.25, -0.2) is 23.0 Å². The van der Waals surface area contributed by atoms with Crippen molar-refractivity contribution in [2.45, 2.75) is 29.8 Å². The van der Waals surface area contributed by atoms with Crippen molar-refractivity contribution in [1.29, 1.82) is 0 Å². The fourth-order valence-corrected chi connectivity index (χ4v) is 4.65. The van der Waals surface area contributed by atoms with E-state index in [0.29, 0.717) is 17.2 Å². The van der Waals surface area contributed by atoms with E-state index in [9.17, 15) is 22.8 Å². The van der Waals surface area contributed by atoms with Gasteiger partial charge < -0.3 is 15.4 Å². The molecule has 1 aromatic heterocycles. The Morgan fingerprint density at radius 2 is 1.81 bits per heavy atom. The Balaban J connectivity index is 1.48. The summed E-state index contributed by atoms with van der Waals surface area (Å²) in [6.07, 6.45) is 1.49. The fraction of sp³-hybridized carbons (Fsp3) is 0.261. The first-order chi connectivity index (χ1) is 17.7. The summed E-state index contributed by atoms with van der Waals surface area (Å²) in [6.45, 7) is -0.162. The summed E-state index contributed by atoms with van der Waals surface area (Å²) in [5.74, 6) is -0.444. The predicted octanol–water partition coefficient (Wildman–Crippen LogP) is 0.447. The van der Waals surface area contributed by atoms with Crippen molar-refractivity contribution in [3.8, 4) is 0 Å². The first-order valence-corrected chi connectivity index (χ1v) is 13.6. The summed E-state index contributed by atoms with van der Waals surface area (Å²) in [7, 11) is -2.59. The summed E-state index contributed by atoms with van der Waals surface area (Å²) in [4.78, 5) is 36.8. The first kappa shape index (κ1) is 27.8. The van der Waals surface area contributed by atoms with Crippen LogP contribution in [0.3, 0.4) is 0 Å². The lowest BCUT2D eigenvalue weighted by Crippen LogP contribution is -2.44. The molecule has 0 radical (unpaired) electrons. The number of carbonyl (C=O) groups excluding carboxylic acids is 3. The molecule has 0 spiro atoms. The number of nitrogens with one attached hydrogen (secondary N) is 2. The van der Waals surface area contributed by atoms with Gasteiger partial charge in [0.15, 0.2) is 0 Å². The number of nitrogens with zero attached hydrogens (tertiary/aromatic N) is 3. The van der Waals surface area contributed by atoms with Gasteiger partial charge in [-0.05, 0) is 29.8 Å². The molecule has 0 fully saturated rings. The number of rotatable bonds is 12. The van der Waals surface area contributed by atoms with Crippen LogP contribution in [0.2, 0.25) is 0 Å². The van der Waals surface area contributed by atoms with E-state index in [1.807, 2.05) is 30.3 Å². The SMILES string of the molecule is COC(=O)[C@H](CSCc1ccccc1)NC(=O)Cn1cc(CNC(=O)c2ccc(S(N)(=O)=O)cc2)nn1. The molecular formula is C23H26N6O6S2. The third-order valence-electron chi connectivity index (χ3n) is 4.98. The van der Waals surface area contributed by atoms with E-state index < -0.39 is 33.8 Å². The average molecular weight is 547 g/mol. The minimum absolute atomic E-state index is 0.0261. The number of sulfonamides is 1. The summed E-state index contributed by atoms with van der Waals surface area (Å²) in [5, 5.41) is 18.1. The van der Waals surface area contributed by atoms with Gasteiger partial charge in [0, 0.05) is 17.1 Å². The zero-order valence-electron chi connectivity index (χ0n) is 19.9. The predicted molar refractivity (Wildman–Crippen MR) is 136 cm³/mol. The number of primary sulfonamides is 1. The van der Waals surface area contributed by atoms with Crippen molar-refractivity contribution in [2.24, 2.45) is 5.14 Å². The zero-order chi connectivity index (χ0) is 26.8. The molecule has 2 aromatic carbocycles. The van der Waals surface area contributed by atoms with Crippen molar-refractivity contribution >= 4 is 39.6 Å². The molecular weight excluding hydrogens is 520 g/mol. The highest BCUT2D eigenvalue weighted by molar-refractivity contribution is 7.98. The Morgan fingerprint density at radius 1 is 1.11 bits per heavy atom. The lowest BCUT2D eigenvalue weighted by molar-refractivity contribution is -0.144. The molecule has 2 amide bonds. The molecule has 1 atom stereocenters. The number of nitrogens with two attached hydrogens (primary N) is 1. The Labute approximate surface area is 218 Å². The quantitative estimate of drug-likeness (QED) is 0.272. The van der Waals surface area contributed by atoms with E-state index in [1.54, 1.807) is 0 Å². The van der Waals surface area contributed by atoms with Crippen LogP contribution < -0.4 is 15.8 Å². The van der Waals surface area contributed by atoms with Crippen LogP contribution >= 0.6 is 11.8 Å². The Morgan fingerprint density at radius 3 is 2.46 bits per heavy atom. The normalized spacial score (nSPS) is 11.9. The lowest BCUT2D eigenvalue weighted by Gasteiger charge is -2.16. The van der Waals surface area contributed by atoms with Crippen LogP contribution in [0, 0.1) is 0 Å². The minimum Gasteiger partial charge on any atom is -0.467 e. The van der Waals surface area contributed by atoms with E-state index in [4.69, 9.17) is 9.88 Å². The third-order valence-corrected chi connectivity index (χ3v) is 7.02. The standard InChI is InChI=1S/C23H26N6O6S2/c1-35-23(32)20(15-36-14-16-5-3-2-4-6-16)26-21(30)13-29-12-18(27-28-29)11-25-22(31)17-7-9-19(10-8-17)37(24,33)34/h2-10,12,20H,11,13-15H2,1H3,(H,25,31)(H,26,30)(H2,24,33,34)/t20-/m0/s1. The molecule has 0 saturated carbocycles. The van der Waals surface area contributed by atoms with Crippen molar-refractivity contribution in [1.82, 2.24) is 25.6 Å². The molecule has 1 heterocycles. The van der Waals surface area contributed by atoms with Gasteiger partial charge in [-0.1, -0.05) is 35.5 Å². The van der Waals surface area contributed by atoms with Crippen LogP contribution in [0.25, 0.3) is 0 Å². The van der Waals surface area contributed by atoms with Gasteiger partial charge in [0.25, 0.3) is 5.91 Å². The second-order valence-electron chi connectivity index (χ2n) is 7.80. The second-order valence-corrected chi connectivity index (χ2v) is 10.4. The molecule has 37 heavy (non-hydrogen) atoms. The number of thioether (sulfide) groups is 1. The Bertz CT molecular complexity index is 1330. The molecule has 0 aliphatic heterocycles. The summed E-state index contributed by atoms with van der Waals surface area (Å²) >= 11 is 1.49. The number of benzene rings is 2. The van der Waals surface area contributed by atoms with Gasteiger partial charge in [-0.3, -0.25) is 9.59 Å². The molecule has 0 bridgehead atoms. The highest BCUT2D eigenvalue weighted by atomic mass is 32.2. The molecule has 14 heteroatoms. The number of methoxy groups -OCH3 is 1. The molecule has 0 unspecified atom stereocenters. The number of amides is 2. The van der Waals surface area contributed by atoms with Gasteiger partial charge in [0.05, 0.1) is 24.7 Å². The molecule has 0 saturated heterocycles. The number of carbonyl (C=O) groups is 3. The van der Waals surface area contributed by atoms with Crippen molar-refractivity contribution in [3.63, 3.8) is 0 Å². The molecule has 3 aromatic rings. The lowest BCUT2D eigenvalue weighted by atomic mass is 10.2. The number of hydrogen-bond acceptors (Lipinski definition) is 9. The van der Waals surface area contributed by atoms with Crippen LogP contribution in [-0.2, 0) is 43.2 Å². The van der Waals surface area contributed by atoms with E-state index in [2.05, 4.69) is 20.9 Å². The van der Waals surface area contributed by atoms with Crippen LogP contribution in [0.1, 0.15) is 21.6 Å². The second kappa shape index (κ2) is 13.0. The maximum Gasteiger partial charge on any atom is 0.329 e. The molecule has 12 nitrogen and oxygen atoms in total. The van der Waals surface area contributed by atoms with E-state index in [1.165, 1.54) is 54.0 Å². The van der Waals surface area contributed by atoms with Crippen LogP contribution in [0.15, 0.2) is 65.7 Å². The minimum atomic E-state index is -3.85. The Hall–Kier alpha value is -3.75. The molecule has 0 aliphatic rings. The van der Waals surface area contributed by atoms with Crippen molar-refractivity contribution in [2.75, 3.05) is 12.9 Å². The number of hydrogen-bond donors (Lipinski definition) is 3. The van der Waals surface area contributed by atoms with Gasteiger partial charge in [-0.15, -0.1) is 5.10 Å². The monoisotopic (exact) mass is 546 g/mol. The van der Waals surface area contributed by atoms with Crippen LogP contribution in [0.4, 0.5) is 0 Å². The van der Waals surface area contributed by atoms with Gasteiger partial charge in [0.2, 0.25) is 15.9 Å². The molecule has 4 N–H and O–H groups in total. The highest BCUT2D eigenvalue weighted by Crippen LogP contribution is 2.13. The van der Waals surface area contributed by atoms with Gasteiger partial charge >= 0.3 is 5.97 Å². The molecule has 196 valence electrons. The maximum atomic E-state index is 12.5. The summed E-state index contributed by atoms with van der Waals surface area (Å²) in [5.41, 5.74) is 1.73. The zero-order valence-corrected chi connectivity index (χ0v) is 21.5. The van der Waals surface area contributed by atoms with Crippen LogP contribution in [0.5, 0.6) is 0 Å². The summed E-state index contributed by atoms with van der Waals surface area (Å²) < 4.78 is 28.7. The largest absolute Gasteiger partial charge is 0.467 e. The summed E-state index contributed by atoms with van der Waals surface area (Å²) in [6, 6.07) is 14.1. The van der Waals surface area contributed by atoms with E-state index in [0.717, 1.165) is 5.56 Å².